The normalized spacial score (nSPS) is 23.3. The first kappa shape index (κ1) is 10.5. The Morgan fingerprint density at radius 2 is 1.56 bits per heavy atom. The van der Waals surface area contributed by atoms with Crippen molar-refractivity contribution in [3.05, 3.63) is 5.21 Å². The molecule has 0 saturated carbocycles. The molecule has 0 amide bonds. The second-order valence-corrected chi connectivity index (χ2v) is 2.23. The first-order valence-electron chi connectivity index (χ1n) is 2.89. The fourth-order valence-electron chi connectivity index (χ4n) is 0.788. The maximum Gasteiger partial charge on any atom is 1.00 e. The third kappa shape index (κ3) is 4.05. The summed E-state index contributed by atoms with van der Waals surface area (Å²) in [5.74, 6) is 0. The molecule has 0 unspecified atom stereocenters. The third-order valence-electron chi connectivity index (χ3n) is 1.46. The number of hydrogen-bond donors (Lipinski definition) is 0. The molecule has 1 heterocycles. The Morgan fingerprint density at radius 3 is 1.89 bits per heavy atom. The molecule has 9 heavy (non-hydrogen) atoms. The van der Waals surface area contributed by atoms with Crippen LogP contribution in [-0.4, -0.2) is 43.2 Å². The fraction of sp³-hybridized carbons (Fsp3) is 1.00. The summed E-state index contributed by atoms with van der Waals surface area (Å²) >= 11 is 0. The average molecular weight is 154 g/mol. The van der Waals surface area contributed by atoms with Crippen LogP contribution in [0.3, 0.4) is 0 Å². The van der Waals surface area contributed by atoms with Crippen LogP contribution in [0.15, 0.2) is 0 Å². The molecule has 0 aromatic heterocycles. The van der Waals surface area contributed by atoms with E-state index in [0.29, 0.717) is 13.1 Å². The summed E-state index contributed by atoms with van der Waals surface area (Å²) in [5, 5.41) is 11.6. The smallest absolute Gasteiger partial charge is 0.785 e. The number of hydroxylamine groups is 2. The zero-order valence-electron chi connectivity index (χ0n) is 6.13. The van der Waals surface area contributed by atoms with Crippen LogP contribution in [0.1, 0.15) is 0 Å². The molecule has 48 valence electrons. The van der Waals surface area contributed by atoms with Gasteiger partial charge in [0.15, 0.2) is 0 Å². The summed E-state index contributed by atoms with van der Waals surface area (Å²) in [6, 6.07) is 0. The molecule has 1 rings (SSSR count). The number of rotatable bonds is 0. The molecular formula is C5H11KN2O. The molecule has 0 spiro atoms. The molecule has 1 saturated heterocycles. The molecule has 0 aliphatic carbocycles. The van der Waals surface area contributed by atoms with Gasteiger partial charge in [-0.15, -0.1) is 0 Å². The van der Waals surface area contributed by atoms with Crippen molar-refractivity contribution in [1.82, 2.24) is 9.96 Å². The van der Waals surface area contributed by atoms with Gasteiger partial charge in [-0.1, -0.05) is 0 Å². The van der Waals surface area contributed by atoms with Crippen molar-refractivity contribution in [3.8, 4) is 0 Å². The van der Waals surface area contributed by atoms with Crippen LogP contribution in [0.2, 0.25) is 0 Å². The first-order chi connectivity index (χ1) is 3.79. The zero-order valence-corrected chi connectivity index (χ0v) is 9.25. The van der Waals surface area contributed by atoms with E-state index < -0.39 is 0 Å². The monoisotopic (exact) mass is 154 g/mol. The summed E-state index contributed by atoms with van der Waals surface area (Å²) in [6.07, 6.45) is 0. The van der Waals surface area contributed by atoms with Gasteiger partial charge in [-0.25, -0.2) is 0 Å². The van der Waals surface area contributed by atoms with E-state index >= 15 is 0 Å². The Kier molecular flexibility index (Phi) is 6.08. The maximum absolute atomic E-state index is 10.5. The SMILES string of the molecule is CN1CCN([O-])CC1.[K+]. The van der Waals surface area contributed by atoms with Gasteiger partial charge < -0.3 is 15.2 Å². The van der Waals surface area contributed by atoms with E-state index in [1.54, 1.807) is 0 Å². The van der Waals surface area contributed by atoms with Crippen molar-refractivity contribution in [2.75, 3.05) is 33.2 Å². The van der Waals surface area contributed by atoms with Crippen molar-refractivity contribution in [1.29, 1.82) is 0 Å². The molecule has 0 N–H and O–H groups in total. The van der Waals surface area contributed by atoms with Gasteiger partial charge in [0.05, 0.1) is 0 Å². The quantitative estimate of drug-likeness (QED) is 0.343. The van der Waals surface area contributed by atoms with Crippen LogP contribution >= 0.6 is 0 Å². The van der Waals surface area contributed by atoms with Crippen LogP contribution in [0.5, 0.6) is 0 Å². The van der Waals surface area contributed by atoms with E-state index in [4.69, 9.17) is 0 Å². The Balaban J connectivity index is 0.000000640. The summed E-state index contributed by atoms with van der Waals surface area (Å²) in [7, 11) is 2.03. The Bertz CT molecular complexity index is 63.4. The molecule has 0 radical (unpaired) electrons. The van der Waals surface area contributed by atoms with Gasteiger partial charge in [-0.2, -0.15) is 0 Å². The molecule has 1 aliphatic heterocycles. The van der Waals surface area contributed by atoms with Gasteiger partial charge in [0.25, 0.3) is 0 Å². The van der Waals surface area contributed by atoms with Gasteiger partial charge in [-0.3, -0.25) is 0 Å². The average Bonchev–Trinajstić information content (AvgIpc) is 1.77. The van der Waals surface area contributed by atoms with Crippen LogP contribution < -0.4 is 51.4 Å². The van der Waals surface area contributed by atoms with E-state index in [9.17, 15) is 5.21 Å². The molecule has 1 aliphatic rings. The maximum atomic E-state index is 10.5. The van der Waals surface area contributed by atoms with Crippen molar-refractivity contribution >= 4 is 0 Å². The van der Waals surface area contributed by atoms with Gasteiger partial charge >= 0.3 is 51.4 Å². The van der Waals surface area contributed by atoms with Crippen molar-refractivity contribution < 1.29 is 51.4 Å². The van der Waals surface area contributed by atoms with Gasteiger partial charge in [0, 0.05) is 13.1 Å². The van der Waals surface area contributed by atoms with Gasteiger partial charge in [0.1, 0.15) is 0 Å². The Morgan fingerprint density at radius 1 is 1.11 bits per heavy atom. The number of hydrogen-bond acceptors (Lipinski definition) is 3. The van der Waals surface area contributed by atoms with Crippen LogP contribution in [-0.2, 0) is 0 Å². The molecule has 0 atom stereocenters. The second-order valence-electron chi connectivity index (χ2n) is 2.23. The standard InChI is InChI=1S/C5H11N2O.K/c1-6-2-4-7(8)5-3-6;/h2-5H2,1H3;/q-1;+1. The Hall–Kier alpha value is 1.52. The van der Waals surface area contributed by atoms with E-state index in [1.165, 1.54) is 0 Å². The molecule has 0 aromatic rings. The molecule has 1 fully saturated rings. The summed E-state index contributed by atoms with van der Waals surface area (Å²) in [4.78, 5) is 2.16. The number of likely N-dealkylation sites (N-methyl/N-ethyl adjacent to an activating group) is 1. The number of nitrogens with zero attached hydrogens (tertiary/aromatic N) is 2. The van der Waals surface area contributed by atoms with Gasteiger partial charge in [0.2, 0.25) is 0 Å². The minimum absolute atomic E-state index is 0. The summed E-state index contributed by atoms with van der Waals surface area (Å²) < 4.78 is 0. The first-order valence-corrected chi connectivity index (χ1v) is 2.89. The largest absolute Gasteiger partial charge is 1.00 e. The Labute approximate surface area is 98.4 Å². The van der Waals surface area contributed by atoms with Crippen LogP contribution in [0, 0.1) is 5.21 Å². The zero-order chi connectivity index (χ0) is 5.98. The minimum Gasteiger partial charge on any atom is -0.785 e. The number of piperazine rings is 1. The predicted molar refractivity (Wildman–Crippen MR) is 32.4 cm³/mol. The molecule has 4 heteroatoms. The summed E-state index contributed by atoms with van der Waals surface area (Å²) in [6.45, 7) is 3.19. The van der Waals surface area contributed by atoms with E-state index in [-0.39, 0.29) is 51.4 Å². The van der Waals surface area contributed by atoms with Crippen LogP contribution in [0.4, 0.5) is 0 Å². The summed E-state index contributed by atoms with van der Waals surface area (Å²) in [5.41, 5.74) is 0. The van der Waals surface area contributed by atoms with Crippen molar-refractivity contribution in [2.45, 2.75) is 0 Å². The third-order valence-corrected chi connectivity index (χ3v) is 1.46. The van der Waals surface area contributed by atoms with E-state index in [1.807, 2.05) is 7.05 Å². The molecular weight excluding hydrogens is 143 g/mol. The van der Waals surface area contributed by atoms with E-state index in [0.717, 1.165) is 18.2 Å². The van der Waals surface area contributed by atoms with Crippen LogP contribution in [0.25, 0.3) is 0 Å². The van der Waals surface area contributed by atoms with Crippen molar-refractivity contribution in [3.63, 3.8) is 0 Å². The van der Waals surface area contributed by atoms with E-state index in [2.05, 4.69) is 4.90 Å². The van der Waals surface area contributed by atoms with Gasteiger partial charge in [-0.05, 0) is 20.1 Å². The fourth-order valence-corrected chi connectivity index (χ4v) is 0.788. The minimum atomic E-state index is 0. The molecule has 3 nitrogen and oxygen atoms in total. The predicted octanol–water partition coefficient (Wildman–Crippen LogP) is -3.26. The molecule has 0 aromatic carbocycles. The molecule has 0 bridgehead atoms. The second kappa shape index (κ2) is 5.20. The van der Waals surface area contributed by atoms with Crippen molar-refractivity contribution in [2.24, 2.45) is 0 Å². The topological polar surface area (TPSA) is 29.5 Å².